The van der Waals surface area contributed by atoms with Gasteiger partial charge in [-0.15, -0.1) is 0 Å². The Kier molecular flexibility index (Phi) is 4.26. The molecule has 0 spiro atoms. The third-order valence-corrected chi connectivity index (χ3v) is 4.62. The summed E-state index contributed by atoms with van der Waals surface area (Å²) < 4.78 is 0. The summed E-state index contributed by atoms with van der Waals surface area (Å²) in [6.07, 6.45) is 1.98. The van der Waals surface area contributed by atoms with Crippen molar-refractivity contribution in [1.82, 2.24) is 10.2 Å². The van der Waals surface area contributed by atoms with Gasteiger partial charge in [-0.05, 0) is 37.0 Å². The summed E-state index contributed by atoms with van der Waals surface area (Å²) in [4.78, 5) is 38.7. The second-order valence-corrected chi connectivity index (χ2v) is 6.27. The van der Waals surface area contributed by atoms with Crippen LogP contribution in [-0.2, 0) is 16.0 Å². The molecule has 2 aliphatic heterocycles. The van der Waals surface area contributed by atoms with Crippen LogP contribution in [0.1, 0.15) is 24.0 Å². The van der Waals surface area contributed by atoms with Gasteiger partial charge in [0, 0.05) is 19.5 Å². The van der Waals surface area contributed by atoms with Gasteiger partial charge in [0.05, 0.1) is 10.7 Å². The molecule has 23 heavy (non-hydrogen) atoms. The minimum Gasteiger partial charge on any atom is -0.315 e. The summed E-state index contributed by atoms with van der Waals surface area (Å²) >= 11 is 6.31. The standard InChI is InChI=1S/C16H18ClN3O3/c1-10-4-5-12(17)15-11(10)3-2-7-20(15)14(22)9-19-8-6-13(21)18-16(19)23/h4-5H,2-3,6-9H2,1H3,(H,18,21,23). The van der Waals surface area contributed by atoms with E-state index in [1.54, 1.807) is 11.0 Å². The minimum atomic E-state index is -0.512. The normalized spacial score (nSPS) is 17.8. The molecule has 0 unspecified atom stereocenters. The van der Waals surface area contributed by atoms with E-state index in [1.807, 2.05) is 13.0 Å². The van der Waals surface area contributed by atoms with Crippen LogP contribution in [0.2, 0.25) is 5.02 Å². The summed E-state index contributed by atoms with van der Waals surface area (Å²) in [5.74, 6) is -0.483. The average molecular weight is 336 g/mol. The molecule has 2 aliphatic rings. The molecule has 4 amide bonds. The number of anilines is 1. The van der Waals surface area contributed by atoms with E-state index in [2.05, 4.69) is 5.32 Å². The van der Waals surface area contributed by atoms with Crippen LogP contribution in [0.3, 0.4) is 0 Å². The van der Waals surface area contributed by atoms with Crippen molar-refractivity contribution in [3.05, 3.63) is 28.3 Å². The van der Waals surface area contributed by atoms with Crippen molar-refractivity contribution in [2.75, 3.05) is 24.5 Å². The van der Waals surface area contributed by atoms with Crippen molar-refractivity contribution in [3.63, 3.8) is 0 Å². The van der Waals surface area contributed by atoms with Crippen molar-refractivity contribution in [2.45, 2.75) is 26.2 Å². The first-order valence-corrected chi connectivity index (χ1v) is 8.02. The van der Waals surface area contributed by atoms with Crippen LogP contribution in [0.5, 0.6) is 0 Å². The zero-order valence-corrected chi connectivity index (χ0v) is 13.7. The van der Waals surface area contributed by atoms with Crippen LogP contribution < -0.4 is 10.2 Å². The van der Waals surface area contributed by atoms with Crippen molar-refractivity contribution < 1.29 is 14.4 Å². The fourth-order valence-corrected chi connectivity index (χ4v) is 3.37. The minimum absolute atomic E-state index is 0.0528. The van der Waals surface area contributed by atoms with Crippen LogP contribution >= 0.6 is 11.6 Å². The van der Waals surface area contributed by atoms with Gasteiger partial charge in [-0.2, -0.15) is 0 Å². The number of nitrogens with zero attached hydrogens (tertiary/aromatic N) is 2. The quantitative estimate of drug-likeness (QED) is 0.897. The molecule has 1 fully saturated rings. The molecule has 0 saturated carbocycles. The number of aryl methyl sites for hydroxylation is 1. The number of rotatable bonds is 2. The van der Waals surface area contributed by atoms with Crippen molar-refractivity contribution >= 4 is 35.1 Å². The molecule has 0 radical (unpaired) electrons. The predicted octanol–water partition coefficient (Wildman–Crippen LogP) is 1.87. The van der Waals surface area contributed by atoms with Crippen molar-refractivity contribution in [3.8, 4) is 0 Å². The molecule has 1 aromatic rings. The van der Waals surface area contributed by atoms with E-state index in [0.29, 0.717) is 11.6 Å². The molecule has 0 atom stereocenters. The Balaban J connectivity index is 1.81. The molecule has 2 heterocycles. The number of benzene rings is 1. The fraction of sp³-hybridized carbons (Fsp3) is 0.438. The van der Waals surface area contributed by atoms with E-state index in [1.165, 1.54) is 4.90 Å². The molecule has 0 bridgehead atoms. The molecule has 3 rings (SSSR count). The Hall–Kier alpha value is -2.08. The summed E-state index contributed by atoms with van der Waals surface area (Å²) in [6, 6.07) is 3.24. The maximum absolute atomic E-state index is 12.7. The lowest BCUT2D eigenvalue weighted by Crippen LogP contribution is -2.53. The Morgan fingerprint density at radius 2 is 2.04 bits per heavy atom. The molecule has 0 aliphatic carbocycles. The van der Waals surface area contributed by atoms with E-state index < -0.39 is 6.03 Å². The fourth-order valence-electron chi connectivity index (χ4n) is 3.09. The molecule has 1 saturated heterocycles. The number of carbonyl (C=O) groups excluding carboxylic acids is 3. The highest BCUT2D eigenvalue weighted by atomic mass is 35.5. The van der Waals surface area contributed by atoms with Gasteiger partial charge in [0.2, 0.25) is 11.8 Å². The number of fused-ring (bicyclic) bond motifs is 1. The highest BCUT2D eigenvalue weighted by Gasteiger charge is 2.30. The molecule has 1 N–H and O–H groups in total. The SMILES string of the molecule is Cc1ccc(Cl)c2c1CCCN2C(=O)CN1CCC(=O)NC1=O. The largest absolute Gasteiger partial charge is 0.324 e. The van der Waals surface area contributed by atoms with Gasteiger partial charge in [0.15, 0.2) is 0 Å². The monoisotopic (exact) mass is 335 g/mol. The number of hydrogen-bond donors (Lipinski definition) is 1. The first-order valence-electron chi connectivity index (χ1n) is 7.64. The van der Waals surface area contributed by atoms with Crippen LogP contribution in [0.4, 0.5) is 10.5 Å². The Morgan fingerprint density at radius 1 is 1.26 bits per heavy atom. The number of carbonyl (C=O) groups is 3. The summed E-state index contributed by atoms with van der Waals surface area (Å²) in [6.45, 7) is 2.80. The van der Waals surface area contributed by atoms with E-state index in [-0.39, 0.29) is 31.3 Å². The topological polar surface area (TPSA) is 69.7 Å². The van der Waals surface area contributed by atoms with E-state index in [9.17, 15) is 14.4 Å². The van der Waals surface area contributed by atoms with E-state index >= 15 is 0 Å². The number of amides is 4. The lowest BCUT2D eigenvalue weighted by atomic mass is 9.97. The van der Waals surface area contributed by atoms with E-state index in [4.69, 9.17) is 11.6 Å². The maximum Gasteiger partial charge on any atom is 0.324 e. The van der Waals surface area contributed by atoms with E-state index in [0.717, 1.165) is 29.7 Å². The predicted molar refractivity (Wildman–Crippen MR) is 86.6 cm³/mol. The summed E-state index contributed by atoms with van der Waals surface area (Å²) in [5.41, 5.74) is 2.97. The molecule has 1 aromatic carbocycles. The highest BCUT2D eigenvalue weighted by Crippen LogP contribution is 2.36. The van der Waals surface area contributed by atoms with Crippen molar-refractivity contribution in [1.29, 1.82) is 0 Å². The second kappa shape index (κ2) is 6.20. The zero-order valence-electron chi connectivity index (χ0n) is 12.9. The van der Waals surface area contributed by atoms with Gasteiger partial charge >= 0.3 is 6.03 Å². The Morgan fingerprint density at radius 3 is 2.78 bits per heavy atom. The molecule has 7 heteroatoms. The first kappa shape index (κ1) is 15.8. The van der Waals surface area contributed by atoms with Gasteiger partial charge in [-0.1, -0.05) is 17.7 Å². The van der Waals surface area contributed by atoms with Gasteiger partial charge in [0.25, 0.3) is 0 Å². The Labute approximate surface area is 139 Å². The third-order valence-electron chi connectivity index (χ3n) is 4.32. The lowest BCUT2D eigenvalue weighted by Gasteiger charge is -2.34. The molecule has 0 aromatic heterocycles. The second-order valence-electron chi connectivity index (χ2n) is 5.87. The van der Waals surface area contributed by atoms with Gasteiger partial charge in [-0.3, -0.25) is 14.9 Å². The van der Waals surface area contributed by atoms with Gasteiger partial charge in [0.1, 0.15) is 6.54 Å². The van der Waals surface area contributed by atoms with Crippen LogP contribution in [0.25, 0.3) is 0 Å². The number of nitrogens with one attached hydrogen (secondary N) is 1. The summed E-state index contributed by atoms with van der Waals surface area (Å²) in [5, 5.41) is 2.78. The third kappa shape index (κ3) is 3.03. The lowest BCUT2D eigenvalue weighted by molar-refractivity contribution is -0.124. The Bertz CT molecular complexity index is 689. The molecule has 6 nitrogen and oxygen atoms in total. The van der Waals surface area contributed by atoms with Crippen LogP contribution in [-0.4, -0.2) is 42.4 Å². The average Bonchev–Trinajstić information content (AvgIpc) is 2.53. The number of hydrogen-bond acceptors (Lipinski definition) is 3. The van der Waals surface area contributed by atoms with Gasteiger partial charge < -0.3 is 9.80 Å². The molecule has 122 valence electrons. The van der Waals surface area contributed by atoms with Gasteiger partial charge in [-0.25, -0.2) is 4.79 Å². The summed E-state index contributed by atoms with van der Waals surface area (Å²) in [7, 11) is 0. The molecular weight excluding hydrogens is 318 g/mol. The smallest absolute Gasteiger partial charge is 0.315 e. The number of imide groups is 1. The number of urea groups is 1. The molecular formula is C16H18ClN3O3. The van der Waals surface area contributed by atoms with Crippen molar-refractivity contribution in [2.24, 2.45) is 0 Å². The zero-order chi connectivity index (χ0) is 16.6. The van der Waals surface area contributed by atoms with Crippen LogP contribution in [0, 0.1) is 6.92 Å². The first-order chi connectivity index (χ1) is 11.0. The maximum atomic E-state index is 12.7. The van der Waals surface area contributed by atoms with Crippen LogP contribution in [0.15, 0.2) is 12.1 Å². The number of halogens is 1. The highest BCUT2D eigenvalue weighted by molar-refractivity contribution is 6.34.